The van der Waals surface area contributed by atoms with Crippen molar-refractivity contribution in [1.82, 2.24) is 10.2 Å². The number of rotatable bonds is 11. The molecule has 1 aliphatic heterocycles. The molecule has 0 saturated carbocycles. The van der Waals surface area contributed by atoms with Crippen LogP contribution >= 0.6 is 0 Å². The summed E-state index contributed by atoms with van der Waals surface area (Å²) in [4.78, 5) is 29.4. The molecule has 1 fully saturated rings. The van der Waals surface area contributed by atoms with Gasteiger partial charge in [0.05, 0.1) is 13.2 Å². The van der Waals surface area contributed by atoms with Gasteiger partial charge in [-0.3, -0.25) is 14.5 Å². The molecule has 1 aliphatic rings. The van der Waals surface area contributed by atoms with E-state index < -0.39 is 29.2 Å². The van der Waals surface area contributed by atoms with Crippen LogP contribution < -0.4 is 15.0 Å². The highest BCUT2D eigenvalue weighted by Gasteiger charge is 2.35. The Kier molecular flexibility index (Phi) is 9.59. The van der Waals surface area contributed by atoms with Gasteiger partial charge in [0.15, 0.2) is 17.4 Å². The number of anilines is 1. The molecule has 0 aliphatic carbocycles. The fourth-order valence-corrected chi connectivity index (χ4v) is 4.63. The average molecular weight is 540 g/mol. The number of benzene rings is 3. The molecule has 1 N–H and O–H groups in total. The number of ether oxygens (including phenoxy) is 1. The third-order valence-electron chi connectivity index (χ3n) is 6.73. The maximum Gasteiger partial charge on any atom is 0.246 e. The second kappa shape index (κ2) is 13.3. The van der Waals surface area contributed by atoms with E-state index in [2.05, 4.69) is 17.4 Å². The SMILES string of the molecule is CN(CCCc1ccccc1)C(=O)[C@H]1CNCC(=O)N1c1ccc(CCCOc2c(F)ccc(F)c2F)cc1. The van der Waals surface area contributed by atoms with Gasteiger partial charge in [-0.05, 0) is 61.1 Å². The average Bonchev–Trinajstić information content (AvgIpc) is 2.95. The van der Waals surface area contributed by atoms with Gasteiger partial charge < -0.3 is 15.0 Å². The Hall–Kier alpha value is -3.85. The standard InChI is InChI=1S/C30H32F3N3O3/c1-35(17-5-9-21-7-3-2-4-8-21)30(38)26-19-34-20-27(37)36(26)23-13-11-22(12-14-23)10-6-18-39-29-25(32)16-15-24(31)28(29)33/h2-4,7-8,11-16,26,34H,5-6,9-10,17-20H2,1H3/t26-/m1/s1. The molecule has 0 radical (unpaired) electrons. The Labute approximate surface area is 226 Å². The Morgan fingerprint density at radius 1 is 0.949 bits per heavy atom. The number of amides is 2. The smallest absolute Gasteiger partial charge is 0.246 e. The third-order valence-corrected chi connectivity index (χ3v) is 6.73. The van der Waals surface area contributed by atoms with Crippen molar-refractivity contribution in [2.24, 2.45) is 0 Å². The highest BCUT2D eigenvalue weighted by molar-refractivity contribution is 6.02. The number of carbonyl (C=O) groups is 2. The summed E-state index contributed by atoms with van der Waals surface area (Å²) in [6, 6.07) is 18.3. The zero-order valence-electron chi connectivity index (χ0n) is 21.8. The molecule has 0 unspecified atom stereocenters. The van der Waals surface area contributed by atoms with Crippen molar-refractivity contribution >= 4 is 17.5 Å². The monoisotopic (exact) mass is 539 g/mol. The van der Waals surface area contributed by atoms with E-state index in [0.717, 1.165) is 24.5 Å². The van der Waals surface area contributed by atoms with Crippen LogP contribution in [0.1, 0.15) is 24.0 Å². The Morgan fingerprint density at radius 3 is 2.36 bits per heavy atom. The van der Waals surface area contributed by atoms with Crippen molar-refractivity contribution in [2.75, 3.05) is 38.2 Å². The Balaban J connectivity index is 1.32. The molecule has 0 aromatic heterocycles. The van der Waals surface area contributed by atoms with Crippen LogP contribution in [-0.2, 0) is 22.4 Å². The number of hydrogen-bond acceptors (Lipinski definition) is 4. The Bertz CT molecular complexity index is 1270. The van der Waals surface area contributed by atoms with Crippen LogP contribution in [0, 0.1) is 17.5 Å². The first-order valence-corrected chi connectivity index (χ1v) is 13.0. The molecule has 1 atom stereocenters. The van der Waals surface area contributed by atoms with Crippen LogP contribution in [0.4, 0.5) is 18.9 Å². The first kappa shape index (κ1) is 28.2. The summed E-state index contributed by atoms with van der Waals surface area (Å²) >= 11 is 0. The van der Waals surface area contributed by atoms with E-state index in [-0.39, 0.29) is 25.0 Å². The number of hydrogen-bond donors (Lipinski definition) is 1. The first-order chi connectivity index (χ1) is 18.8. The van der Waals surface area contributed by atoms with Crippen molar-refractivity contribution in [3.8, 4) is 5.75 Å². The summed E-state index contributed by atoms with van der Waals surface area (Å²) < 4.78 is 45.9. The van der Waals surface area contributed by atoms with E-state index in [1.807, 2.05) is 30.3 Å². The summed E-state index contributed by atoms with van der Waals surface area (Å²) in [7, 11) is 1.76. The summed E-state index contributed by atoms with van der Waals surface area (Å²) in [6.45, 7) is 1.09. The van der Waals surface area contributed by atoms with Gasteiger partial charge in [-0.1, -0.05) is 42.5 Å². The van der Waals surface area contributed by atoms with Crippen LogP contribution in [0.2, 0.25) is 0 Å². The zero-order valence-corrected chi connectivity index (χ0v) is 21.8. The van der Waals surface area contributed by atoms with E-state index in [9.17, 15) is 22.8 Å². The van der Waals surface area contributed by atoms with Crippen molar-refractivity contribution in [2.45, 2.75) is 31.7 Å². The lowest BCUT2D eigenvalue weighted by Crippen LogP contribution is -2.61. The maximum atomic E-state index is 13.7. The lowest BCUT2D eigenvalue weighted by molar-refractivity contribution is -0.134. The largest absolute Gasteiger partial charge is 0.488 e. The van der Waals surface area contributed by atoms with Gasteiger partial charge in [0.25, 0.3) is 0 Å². The van der Waals surface area contributed by atoms with E-state index in [0.29, 0.717) is 37.7 Å². The lowest BCUT2D eigenvalue weighted by Gasteiger charge is -2.37. The van der Waals surface area contributed by atoms with Crippen LogP contribution in [0.15, 0.2) is 66.7 Å². The number of likely N-dealkylation sites (N-methyl/N-ethyl adjacent to an activating group) is 1. The minimum Gasteiger partial charge on any atom is -0.488 e. The quantitative estimate of drug-likeness (QED) is 0.288. The van der Waals surface area contributed by atoms with Gasteiger partial charge in [0, 0.05) is 25.8 Å². The van der Waals surface area contributed by atoms with Gasteiger partial charge in [0.2, 0.25) is 17.6 Å². The number of aryl methyl sites for hydroxylation is 2. The number of halogens is 3. The maximum absolute atomic E-state index is 13.7. The van der Waals surface area contributed by atoms with Crippen LogP contribution in [0.5, 0.6) is 5.75 Å². The highest BCUT2D eigenvalue weighted by Crippen LogP contribution is 2.25. The van der Waals surface area contributed by atoms with Crippen LogP contribution in [0.25, 0.3) is 0 Å². The van der Waals surface area contributed by atoms with Gasteiger partial charge in [-0.15, -0.1) is 0 Å². The second-order valence-corrected chi connectivity index (χ2v) is 9.55. The molecule has 206 valence electrons. The molecule has 4 rings (SSSR count). The molecule has 1 heterocycles. The highest BCUT2D eigenvalue weighted by atomic mass is 19.2. The summed E-state index contributed by atoms with van der Waals surface area (Å²) in [5.74, 6) is -4.49. The van der Waals surface area contributed by atoms with Gasteiger partial charge >= 0.3 is 0 Å². The number of nitrogens with zero attached hydrogens (tertiary/aromatic N) is 2. The van der Waals surface area contributed by atoms with Gasteiger partial charge in [-0.2, -0.15) is 4.39 Å². The van der Waals surface area contributed by atoms with E-state index >= 15 is 0 Å². The van der Waals surface area contributed by atoms with Gasteiger partial charge in [-0.25, -0.2) is 8.78 Å². The molecule has 1 saturated heterocycles. The normalized spacial score (nSPS) is 15.3. The number of piperazine rings is 1. The molecule has 9 heteroatoms. The summed E-state index contributed by atoms with van der Waals surface area (Å²) in [5.41, 5.74) is 2.77. The van der Waals surface area contributed by atoms with Crippen molar-refractivity contribution < 1.29 is 27.5 Å². The fraction of sp³-hybridized carbons (Fsp3) is 0.333. The second-order valence-electron chi connectivity index (χ2n) is 9.55. The van der Waals surface area contributed by atoms with Gasteiger partial charge in [0.1, 0.15) is 6.04 Å². The molecule has 0 spiro atoms. The molecular weight excluding hydrogens is 507 g/mol. The van der Waals surface area contributed by atoms with Crippen LogP contribution in [-0.4, -0.2) is 56.0 Å². The molecule has 0 bridgehead atoms. The van der Waals surface area contributed by atoms with E-state index in [1.54, 1.807) is 29.0 Å². The molecule has 6 nitrogen and oxygen atoms in total. The molecular formula is C30H32F3N3O3. The minimum absolute atomic E-state index is 0.00249. The molecule has 3 aromatic carbocycles. The van der Waals surface area contributed by atoms with E-state index in [4.69, 9.17) is 4.74 Å². The van der Waals surface area contributed by atoms with E-state index in [1.165, 1.54) is 5.56 Å². The molecule has 39 heavy (non-hydrogen) atoms. The number of nitrogens with one attached hydrogen (secondary N) is 1. The predicted octanol–water partition coefficient (Wildman–Crippen LogP) is 4.51. The molecule has 2 amide bonds. The summed E-state index contributed by atoms with van der Waals surface area (Å²) in [6.07, 6.45) is 2.66. The van der Waals surface area contributed by atoms with Crippen molar-refractivity contribution in [1.29, 1.82) is 0 Å². The third kappa shape index (κ3) is 7.17. The lowest BCUT2D eigenvalue weighted by atomic mass is 10.1. The predicted molar refractivity (Wildman–Crippen MR) is 143 cm³/mol. The van der Waals surface area contributed by atoms with Crippen LogP contribution in [0.3, 0.4) is 0 Å². The Morgan fingerprint density at radius 2 is 1.62 bits per heavy atom. The topological polar surface area (TPSA) is 61.9 Å². The number of carbonyl (C=O) groups excluding carboxylic acids is 2. The zero-order chi connectivity index (χ0) is 27.8. The van der Waals surface area contributed by atoms with Crippen molar-refractivity contribution in [3.05, 3.63) is 95.3 Å². The first-order valence-electron chi connectivity index (χ1n) is 13.0. The minimum atomic E-state index is -1.34. The molecule has 3 aromatic rings. The summed E-state index contributed by atoms with van der Waals surface area (Å²) in [5, 5.41) is 3.04. The fourth-order valence-electron chi connectivity index (χ4n) is 4.63. The van der Waals surface area contributed by atoms with Crippen molar-refractivity contribution in [3.63, 3.8) is 0 Å².